The Hall–Kier alpha value is -0.530. The summed E-state index contributed by atoms with van der Waals surface area (Å²) in [7, 11) is -3.81. The summed E-state index contributed by atoms with van der Waals surface area (Å²) >= 11 is 11.1. The highest BCUT2D eigenvalue weighted by Crippen LogP contribution is 2.31. The molecule has 0 heterocycles. The Morgan fingerprint density at radius 3 is 2.29 bits per heavy atom. The van der Waals surface area contributed by atoms with E-state index in [1.54, 1.807) is 30.8 Å². The van der Waals surface area contributed by atoms with Gasteiger partial charge in [-0.2, -0.15) is 8.42 Å². The lowest BCUT2D eigenvalue weighted by Gasteiger charge is -2.21. The summed E-state index contributed by atoms with van der Waals surface area (Å²) in [6.45, 7) is 3.67. The molecule has 0 N–H and O–H groups in total. The minimum absolute atomic E-state index is 0.122. The van der Waals surface area contributed by atoms with Crippen LogP contribution in [0.2, 0.25) is 5.02 Å². The zero-order valence-electron chi connectivity index (χ0n) is 13.5. The first-order chi connectivity index (χ1) is 11.2. The number of benzene rings is 2. The third-order valence-corrected chi connectivity index (χ3v) is 6.94. The molecule has 0 aliphatic heterocycles. The average Bonchev–Trinajstić information content (AvgIpc) is 2.54. The molecule has 2 atom stereocenters. The molecule has 0 amide bonds. The van der Waals surface area contributed by atoms with Gasteiger partial charge in [-0.25, -0.2) is 0 Å². The van der Waals surface area contributed by atoms with Crippen molar-refractivity contribution in [3.05, 3.63) is 57.5 Å². The van der Waals surface area contributed by atoms with Gasteiger partial charge in [0.1, 0.15) is 0 Å². The van der Waals surface area contributed by atoms with Crippen LogP contribution in [0.4, 0.5) is 0 Å². The maximum atomic E-state index is 12.4. The molecular formula is C17H18BrClO3S2. The van der Waals surface area contributed by atoms with Crippen molar-refractivity contribution >= 4 is 49.4 Å². The molecule has 0 aliphatic rings. The number of rotatable bonds is 6. The first-order valence-electron chi connectivity index (χ1n) is 7.27. The molecule has 130 valence electrons. The number of hydrogen-bond donors (Lipinski definition) is 0. The SMILES string of the molecule is CSc1ccc([C@H](C)[C@@H](C)OS(=O)(=O)c2ccc(Br)cc2)cc1Cl. The summed E-state index contributed by atoms with van der Waals surface area (Å²) < 4.78 is 31.0. The van der Waals surface area contributed by atoms with Crippen LogP contribution in [0.5, 0.6) is 0 Å². The topological polar surface area (TPSA) is 43.4 Å². The van der Waals surface area contributed by atoms with E-state index in [4.69, 9.17) is 15.8 Å². The maximum absolute atomic E-state index is 12.4. The summed E-state index contributed by atoms with van der Waals surface area (Å²) in [5.41, 5.74) is 0.941. The van der Waals surface area contributed by atoms with Crippen molar-refractivity contribution < 1.29 is 12.6 Å². The van der Waals surface area contributed by atoms with Crippen LogP contribution in [-0.2, 0) is 14.3 Å². The quantitative estimate of drug-likeness (QED) is 0.418. The summed E-state index contributed by atoms with van der Waals surface area (Å²) in [6.07, 6.45) is 1.44. The standard InChI is InChI=1S/C17H18BrClO3S2/c1-11(13-4-9-17(23-3)16(19)10-13)12(2)22-24(20,21)15-7-5-14(18)6-8-15/h4-12H,1-3H3/t11-,12-/m1/s1. The van der Waals surface area contributed by atoms with Crippen LogP contribution in [0, 0.1) is 0 Å². The first kappa shape index (κ1) is 19.8. The highest BCUT2D eigenvalue weighted by Gasteiger charge is 2.24. The van der Waals surface area contributed by atoms with Gasteiger partial charge in [0.05, 0.1) is 16.0 Å². The van der Waals surface area contributed by atoms with Gasteiger partial charge in [-0.3, -0.25) is 4.18 Å². The van der Waals surface area contributed by atoms with Gasteiger partial charge in [-0.1, -0.05) is 40.5 Å². The van der Waals surface area contributed by atoms with E-state index >= 15 is 0 Å². The maximum Gasteiger partial charge on any atom is 0.297 e. The first-order valence-corrected chi connectivity index (χ1v) is 11.1. The molecule has 2 rings (SSSR count). The summed E-state index contributed by atoms with van der Waals surface area (Å²) in [5.74, 6) is -0.122. The molecule has 7 heteroatoms. The van der Waals surface area contributed by atoms with Gasteiger partial charge in [-0.15, -0.1) is 11.8 Å². The molecule has 2 aromatic rings. The largest absolute Gasteiger partial charge is 0.297 e. The zero-order chi connectivity index (χ0) is 17.9. The summed E-state index contributed by atoms with van der Waals surface area (Å²) in [5, 5.41) is 0.662. The molecule has 0 saturated carbocycles. The highest BCUT2D eigenvalue weighted by atomic mass is 79.9. The van der Waals surface area contributed by atoms with E-state index in [1.807, 2.05) is 31.4 Å². The molecule has 0 aliphatic carbocycles. The van der Waals surface area contributed by atoms with Crippen molar-refractivity contribution in [2.24, 2.45) is 0 Å². The van der Waals surface area contributed by atoms with E-state index in [0.29, 0.717) is 5.02 Å². The second-order valence-electron chi connectivity index (χ2n) is 5.39. The van der Waals surface area contributed by atoms with E-state index in [1.165, 1.54) is 12.1 Å². The van der Waals surface area contributed by atoms with Crippen molar-refractivity contribution in [3.63, 3.8) is 0 Å². The van der Waals surface area contributed by atoms with Crippen LogP contribution in [0.15, 0.2) is 56.7 Å². The third kappa shape index (κ3) is 4.76. The van der Waals surface area contributed by atoms with Gasteiger partial charge in [0.15, 0.2) is 0 Å². The van der Waals surface area contributed by atoms with Crippen molar-refractivity contribution in [2.45, 2.75) is 35.7 Å². The molecule has 2 aromatic carbocycles. The molecule has 0 saturated heterocycles. The van der Waals surface area contributed by atoms with Crippen molar-refractivity contribution in [3.8, 4) is 0 Å². The van der Waals surface area contributed by atoms with Crippen molar-refractivity contribution in [1.82, 2.24) is 0 Å². The molecule has 0 bridgehead atoms. The Balaban J connectivity index is 2.17. The Morgan fingerprint density at radius 1 is 1.12 bits per heavy atom. The predicted octanol–water partition coefficient (Wildman–Crippen LogP) is 5.72. The second kappa shape index (κ2) is 8.23. The molecule has 0 aromatic heterocycles. The van der Waals surface area contributed by atoms with E-state index < -0.39 is 16.2 Å². The molecule has 0 fully saturated rings. The van der Waals surface area contributed by atoms with E-state index in [2.05, 4.69) is 15.9 Å². The van der Waals surface area contributed by atoms with Gasteiger partial charge in [0.2, 0.25) is 0 Å². The predicted molar refractivity (Wildman–Crippen MR) is 104 cm³/mol. The summed E-state index contributed by atoms with van der Waals surface area (Å²) in [4.78, 5) is 1.13. The monoisotopic (exact) mass is 448 g/mol. The minimum atomic E-state index is -3.81. The highest BCUT2D eigenvalue weighted by molar-refractivity contribution is 9.10. The van der Waals surface area contributed by atoms with Crippen molar-refractivity contribution in [2.75, 3.05) is 6.26 Å². The summed E-state index contributed by atoms with van der Waals surface area (Å²) in [6, 6.07) is 12.1. The lowest BCUT2D eigenvalue weighted by Crippen LogP contribution is -2.21. The van der Waals surface area contributed by atoms with Crippen LogP contribution in [0.3, 0.4) is 0 Å². The molecule has 3 nitrogen and oxygen atoms in total. The van der Waals surface area contributed by atoms with E-state index in [0.717, 1.165) is 14.9 Å². The Kier molecular flexibility index (Phi) is 6.79. The molecule has 24 heavy (non-hydrogen) atoms. The van der Waals surface area contributed by atoms with Gasteiger partial charge in [-0.05, 0) is 55.1 Å². The number of thioether (sulfide) groups is 1. The molecular weight excluding hydrogens is 432 g/mol. The molecule has 0 spiro atoms. The lowest BCUT2D eigenvalue weighted by molar-refractivity contribution is 0.203. The fourth-order valence-corrected chi connectivity index (χ4v) is 4.47. The molecule has 0 radical (unpaired) electrons. The van der Waals surface area contributed by atoms with Crippen LogP contribution >= 0.6 is 39.3 Å². The van der Waals surface area contributed by atoms with Gasteiger partial charge < -0.3 is 0 Å². The van der Waals surface area contributed by atoms with Crippen LogP contribution in [0.25, 0.3) is 0 Å². The van der Waals surface area contributed by atoms with Crippen LogP contribution < -0.4 is 0 Å². The van der Waals surface area contributed by atoms with Crippen LogP contribution in [-0.4, -0.2) is 20.8 Å². The Bertz CT molecular complexity index is 807. The Labute approximate surface area is 161 Å². The third-order valence-electron chi connectivity index (χ3n) is 3.79. The average molecular weight is 450 g/mol. The van der Waals surface area contributed by atoms with Gasteiger partial charge in [0, 0.05) is 15.3 Å². The van der Waals surface area contributed by atoms with Crippen LogP contribution in [0.1, 0.15) is 25.3 Å². The van der Waals surface area contributed by atoms with Gasteiger partial charge >= 0.3 is 0 Å². The van der Waals surface area contributed by atoms with Gasteiger partial charge in [0.25, 0.3) is 10.1 Å². The normalized spacial score (nSPS) is 14.4. The number of halogens is 2. The molecule has 0 unspecified atom stereocenters. The minimum Gasteiger partial charge on any atom is -0.263 e. The smallest absolute Gasteiger partial charge is 0.263 e. The lowest BCUT2D eigenvalue weighted by atomic mass is 9.97. The second-order valence-corrected chi connectivity index (χ2v) is 9.14. The number of hydrogen-bond acceptors (Lipinski definition) is 4. The zero-order valence-corrected chi connectivity index (χ0v) is 17.5. The van der Waals surface area contributed by atoms with E-state index in [9.17, 15) is 8.42 Å². The van der Waals surface area contributed by atoms with Crippen molar-refractivity contribution in [1.29, 1.82) is 0 Å². The van der Waals surface area contributed by atoms with E-state index in [-0.39, 0.29) is 10.8 Å². The Morgan fingerprint density at radius 2 is 1.75 bits per heavy atom. The fourth-order valence-electron chi connectivity index (χ4n) is 2.18. The fraction of sp³-hybridized carbons (Fsp3) is 0.294.